The minimum absolute atomic E-state index is 0.273. The molecule has 0 radical (unpaired) electrons. The minimum Gasteiger partial charge on any atom is -0.339 e. The van der Waals surface area contributed by atoms with Crippen LogP contribution in [0.1, 0.15) is 19.3 Å². The Kier molecular flexibility index (Phi) is 6.74. The molecule has 0 saturated carbocycles. The molecule has 0 spiro atoms. The first kappa shape index (κ1) is 16.4. The molecule has 112 valence electrons. The summed E-state index contributed by atoms with van der Waals surface area (Å²) in [6.45, 7) is 4.70. The van der Waals surface area contributed by atoms with Crippen LogP contribution < -0.4 is 5.73 Å². The lowest BCUT2D eigenvalue weighted by Gasteiger charge is -2.34. The number of piperazine rings is 1. The number of carbonyl (C=O) groups excluding carboxylic acids is 1. The Hall–Kier alpha value is -0.660. The largest absolute Gasteiger partial charge is 0.339 e. The van der Waals surface area contributed by atoms with E-state index in [4.69, 9.17) is 5.73 Å². The summed E-state index contributed by atoms with van der Waals surface area (Å²) < 4.78 is 22.2. The van der Waals surface area contributed by atoms with Gasteiger partial charge in [0.05, 0.1) is 0 Å². The van der Waals surface area contributed by atoms with E-state index in [1.54, 1.807) is 4.90 Å². The van der Waals surface area contributed by atoms with E-state index < -0.39 is 9.84 Å². The lowest BCUT2D eigenvalue weighted by Crippen LogP contribution is -2.50. The predicted molar refractivity (Wildman–Crippen MR) is 75.6 cm³/mol. The number of carbonyl (C=O) groups is 1. The van der Waals surface area contributed by atoms with Crippen molar-refractivity contribution in [2.24, 2.45) is 5.73 Å². The molecular formula is C12H25N3O3S. The summed E-state index contributed by atoms with van der Waals surface area (Å²) >= 11 is 0. The molecule has 1 fully saturated rings. The molecule has 0 atom stereocenters. The van der Waals surface area contributed by atoms with Gasteiger partial charge in [0.2, 0.25) is 5.91 Å². The molecule has 1 rings (SSSR count). The molecule has 1 heterocycles. The van der Waals surface area contributed by atoms with Crippen molar-refractivity contribution in [2.75, 3.05) is 51.3 Å². The summed E-state index contributed by atoms with van der Waals surface area (Å²) in [4.78, 5) is 15.7. The van der Waals surface area contributed by atoms with E-state index in [9.17, 15) is 13.2 Å². The van der Waals surface area contributed by atoms with Gasteiger partial charge in [0.25, 0.3) is 0 Å². The van der Waals surface area contributed by atoms with Gasteiger partial charge in [-0.3, -0.25) is 9.69 Å². The van der Waals surface area contributed by atoms with Crippen LogP contribution in [0.5, 0.6) is 0 Å². The summed E-state index contributed by atoms with van der Waals surface area (Å²) in [5, 5.41) is 0. The number of nitrogens with two attached hydrogens (primary N) is 1. The van der Waals surface area contributed by atoms with Crippen LogP contribution in [0.25, 0.3) is 0 Å². The fourth-order valence-corrected chi connectivity index (χ4v) is 2.82. The average Bonchev–Trinajstić information content (AvgIpc) is 2.33. The van der Waals surface area contributed by atoms with Gasteiger partial charge in [-0.25, -0.2) is 8.42 Å². The Labute approximate surface area is 115 Å². The van der Waals surface area contributed by atoms with Crippen LogP contribution in [0, 0.1) is 0 Å². The van der Waals surface area contributed by atoms with Crippen molar-refractivity contribution in [1.82, 2.24) is 9.80 Å². The lowest BCUT2D eigenvalue weighted by molar-refractivity contribution is -0.130. The highest BCUT2D eigenvalue weighted by molar-refractivity contribution is 7.91. The Morgan fingerprint density at radius 3 is 2.26 bits per heavy atom. The van der Waals surface area contributed by atoms with E-state index >= 15 is 0 Å². The smallest absolute Gasteiger partial charge is 0.237 e. The zero-order valence-corrected chi connectivity index (χ0v) is 12.5. The molecule has 0 bridgehead atoms. The quantitative estimate of drug-likeness (QED) is 0.627. The molecule has 7 heteroatoms. The lowest BCUT2D eigenvalue weighted by atomic mass is 10.2. The second-order valence-electron chi connectivity index (χ2n) is 5.14. The number of rotatable bonds is 7. The monoisotopic (exact) mass is 291 g/mol. The molecule has 19 heavy (non-hydrogen) atoms. The standard InChI is InChI=1S/C12H25N3O3S/c1-19(17,18)11-12(16)15-9-7-14(8-10-15)6-4-2-3-5-13/h2-11,13H2,1H3. The average molecular weight is 291 g/mol. The zero-order valence-electron chi connectivity index (χ0n) is 11.7. The molecule has 0 aromatic carbocycles. The number of sulfone groups is 1. The summed E-state index contributed by atoms with van der Waals surface area (Å²) in [6.07, 6.45) is 4.43. The number of hydrogen-bond acceptors (Lipinski definition) is 5. The Morgan fingerprint density at radius 1 is 1.11 bits per heavy atom. The van der Waals surface area contributed by atoms with Crippen molar-refractivity contribution >= 4 is 15.7 Å². The maximum absolute atomic E-state index is 11.7. The number of nitrogens with zero attached hydrogens (tertiary/aromatic N) is 2. The van der Waals surface area contributed by atoms with Gasteiger partial charge in [-0.1, -0.05) is 6.42 Å². The van der Waals surface area contributed by atoms with E-state index in [1.807, 2.05) is 0 Å². The van der Waals surface area contributed by atoms with Crippen molar-refractivity contribution in [1.29, 1.82) is 0 Å². The summed E-state index contributed by atoms with van der Waals surface area (Å²) in [6, 6.07) is 0. The summed E-state index contributed by atoms with van der Waals surface area (Å²) in [5.41, 5.74) is 5.44. The van der Waals surface area contributed by atoms with Gasteiger partial charge in [0.1, 0.15) is 5.75 Å². The normalized spacial score (nSPS) is 17.7. The number of amides is 1. The molecule has 1 aliphatic rings. The van der Waals surface area contributed by atoms with Crippen LogP contribution in [-0.2, 0) is 14.6 Å². The minimum atomic E-state index is -3.22. The molecule has 0 unspecified atom stereocenters. The van der Waals surface area contributed by atoms with Crippen molar-refractivity contribution in [3.63, 3.8) is 0 Å². The maximum Gasteiger partial charge on any atom is 0.237 e. The van der Waals surface area contributed by atoms with Gasteiger partial charge in [-0.15, -0.1) is 0 Å². The van der Waals surface area contributed by atoms with Gasteiger partial charge in [0, 0.05) is 32.4 Å². The third-order valence-corrected chi connectivity index (χ3v) is 4.06. The van der Waals surface area contributed by atoms with Crippen molar-refractivity contribution in [3.8, 4) is 0 Å². The molecular weight excluding hydrogens is 266 g/mol. The van der Waals surface area contributed by atoms with Crippen LogP contribution in [-0.4, -0.2) is 75.4 Å². The molecule has 1 saturated heterocycles. The van der Waals surface area contributed by atoms with E-state index in [1.165, 1.54) is 0 Å². The van der Waals surface area contributed by atoms with Gasteiger partial charge >= 0.3 is 0 Å². The molecule has 0 aromatic heterocycles. The fourth-order valence-electron chi connectivity index (χ4n) is 2.19. The Morgan fingerprint density at radius 2 is 1.74 bits per heavy atom. The Balaban J connectivity index is 2.23. The van der Waals surface area contributed by atoms with Crippen molar-refractivity contribution in [2.45, 2.75) is 19.3 Å². The van der Waals surface area contributed by atoms with Gasteiger partial charge in [-0.2, -0.15) is 0 Å². The number of hydrogen-bond donors (Lipinski definition) is 1. The molecule has 1 amide bonds. The fraction of sp³-hybridized carbons (Fsp3) is 0.917. The van der Waals surface area contributed by atoms with Gasteiger partial charge < -0.3 is 10.6 Å². The highest BCUT2D eigenvalue weighted by Crippen LogP contribution is 2.05. The van der Waals surface area contributed by atoms with E-state index in [0.29, 0.717) is 13.1 Å². The first-order chi connectivity index (χ1) is 8.92. The molecule has 6 nitrogen and oxygen atoms in total. The maximum atomic E-state index is 11.7. The number of unbranched alkanes of at least 4 members (excludes halogenated alkanes) is 2. The second kappa shape index (κ2) is 7.81. The van der Waals surface area contributed by atoms with Crippen LogP contribution in [0.2, 0.25) is 0 Å². The van der Waals surface area contributed by atoms with Crippen LogP contribution >= 0.6 is 0 Å². The zero-order chi connectivity index (χ0) is 14.3. The van der Waals surface area contributed by atoms with E-state index in [-0.39, 0.29) is 11.7 Å². The van der Waals surface area contributed by atoms with E-state index in [0.717, 1.165) is 51.7 Å². The first-order valence-electron chi connectivity index (χ1n) is 6.80. The summed E-state index contributed by atoms with van der Waals surface area (Å²) in [5.74, 6) is -0.644. The molecule has 0 aliphatic carbocycles. The van der Waals surface area contributed by atoms with E-state index in [2.05, 4.69) is 4.90 Å². The highest BCUT2D eigenvalue weighted by Gasteiger charge is 2.23. The SMILES string of the molecule is CS(=O)(=O)CC(=O)N1CCN(CCCCCN)CC1. The highest BCUT2D eigenvalue weighted by atomic mass is 32.2. The Bertz CT molecular complexity index is 376. The molecule has 2 N–H and O–H groups in total. The first-order valence-corrected chi connectivity index (χ1v) is 8.86. The van der Waals surface area contributed by atoms with Crippen molar-refractivity contribution < 1.29 is 13.2 Å². The van der Waals surface area contributed by atoms with Gasteiger partial charge in [-0.05, 0) is 25.9 Å². The van der Waals surface area contributed by atoms with Crippen LogP contribution in [0.4, 0.5) is 0 Å². The van der Waals surface area contributed by atoms with Crippen LogP contribution in [0.3, 0.4) is 0 Å². The molecule has 0 aromatic rings. The third-order valence-electron chi connectivity index (χ3n) is 3.29. The van der Waals surface area contributed by atoms with Gasteiger partial charge in [0.15, 0.2) is 9.84 Å². The topological polar surface area (TPSA) is 83.7 Å². The third kappa shape index (κ3) is 6.89. The molecule has 1 aliphatic heterocycles. The van der Waals surface area contributed by atoms with Crippen LogP contribution in [0.15, 0.2) is 0 Å². The second-order valence-corrected chi connectivity index (χ2v) is 7.28. The van der Waals surface area contributed by atoms with Crippen molar-refractivity contribution in [3.05, 3.63) is 0 Å². The summed E-state index contributed by atoms with van der Waals surface area (Å²) in [7, 11) is -3.22. The predicted octanol–water partition coefficient (Wildman–Crippen LogP) is -0.696.